The average molecular weight is 475 g/mol. The van der Waals surface area contributed by atoms with Gasteiger partial charge in [0.05, 0.1) is 22.4 Å². The lowest BCUT2D eigenvalue weighted by molar-refractivity contribution is 0.100. The zero-order chi connectivity index (χ0) is 23.4. The third-order valence-corrected chi connectivity index (χ3v) is 6.75. The SMILES string of the molecule is COc1ccc2cc(C#Cc3cncc(C(=O)N=S(C)(=O)c4cccc(Cl)c4)c3)ccc2c1. The summed E-state index contributed by atoms with van der Waals surface area (Å²) in [6.07, 6.45) is 4.35. The summed E-state index contributed by atoms with van der Waals surface area (Å²) in [5.41, 5.74) is 1.59. The van der Waals surface area contributed by atoms with Crippen molar-refractivity contribution in [1.29, 1.82) is 0 Å². The van der Waals surface area contributed by atoms with Gasteiger partial charge in [-0.2, -0.15) is 4.36 Å². The fourth-order valence-corrected chi connectivity index (χ4v) is 4.62. The van der Waals surface area contributed by atoms with Gasteiger partial charge in [0.25, 0.3) is 5.91 Å². The fourth-order valence-electron chi connectivity index (χ4n) is 3.16. The van der Waals surface area contributed by atoms with Crippen molar-refractivity contribution in [3.05, 3.63) is 101 Å². The maximum atomic E-state index is 13.0. The first kappa shape index (κ1) is 22.5. The third kappa shape index (κ3) is 5.40. The first-order valence-electron chi connectivity index (χ1n) is 9.91. The molecule has 0 saturated heterocycles. The Hall–Kier alpha value is -3.66. The van der Waals surface area contributed by atoms with E-state index in [-0.39, 0.29) is 5.56 Å². The summed E-state index contributed by atoms with van der Waals surface area (Å²) in [7, 11) is -1.32. The Labute approximate surface area is 197 Å². The number of halogens is 1. The van der Waals surface area contributed by atoms with Crippen LogP contribution >= 0.6 is 11.6 Å². The quantitative estimate of drug-likeness (QED) is 0.363. The number of carbonyl (C=O) groups is 1. The van der Waals surface area contributed by atoms with E-state index in [9.17, 15) is 9.00 Å². The van der Waals surface area contributed by atoms with Gasteiger partial charge in [-0.3, -0.25) is 9.78 Å². The predicted octanol–water partition coefficient (Wildman–Crippen LogP) is 5.59. The molecule has 4 aromatic rings. The summed E-state index contributed by atoms with van der Waals surface area (Å²) in [5, 5.41) is 2.53. The summed E-state index contributed by atoms with van der Waals surface area (Å²) in [6.45, 7) is 0. The number of methoxy groups -OCH3 is 1. The molecule has 0 saturated carbocycles. The maximum Gasteiger partial charge on any atom is 0.286 e. The fraction of sp³-hybridized carbons (Fsp3) is 0.0769. The molecule has 0 spiro atoms. The highest BCUT2D eigenvalue weighted by atomic mass is 35.5. The topological polar surface area (TPSA) is 68.6 Å². The minimum atomic E-state index is -2.96. The van der Waals surface area contributed by atoms with Gasteiger partial charge in [0, 0.05) is 39.7 Å². The molecule has 5 nitrogen and oxygen atoms in total. The van der Waals surface area contributed by atoms with Crippen LogP contribution < -0.4 is 4.74 Å². The van der Waals surface area contributed by atoms with Crippen LogP contribution in [0.2, 0.25) is 5.02 Å². The molecule has 1 unspecified atom stereocenters. The number of pyridine rings is 1. The molecular formula is C26H19ClN2O3S. The average Bonchev–Trinajstić information content (AvgIpc) is 2.82. The van der Waals surface area contributed by atoms with Crippen molar-refractivity contribution in [2.75, 3.05) is 13.4 Å². The molecule has 0 aliphatic heterocycles. The molecule has 1 amide bonds. The van der Waals surface area contributed by atoms with Crippen molar-refractivity contribution in [2.24, 2.45) is 4.36 Å². The van der Waals surface area contributed by atoms with Crippen molar-refractivity contribution in [3.63, 3.8) is 0 Å². The summed E-state index contributed by atoms with van der Waals surface area (Å²) in [5.74, 6) is 6.29. The Balaban J connectivity index is 1.60. The highest BCUT2D eigenvalue weighted by Gasteiger charge is 2.12. The van der Waals surface area contributed by atoms with Gasteiger partial charge in [-0.1, -0.05) is 41.6 Å². The van der Waals surface area contributed by atoms with Crippen LogP contribution in [-0.2, 0) is 9.73 Å². The van der Waals surface area contributed by atoms with Crippen molar-refractivity contribution in [3.8, 4) is 17.6 Å². The molecule has 33 heavy (non-hydrogen) atoms. The van der Waals surface area contributed by atoms with Crippen molar-refractivity contribution in [1.82, 2.24) is 4.98 Å². The van der Waals surface area contributed by atoms with Crippen LogP contribution in [0.4, 0.5) is 0 Å². The monoisotopic (exact) mass is 474 g/mol. The second-order valence-electron chi connectivity index (χ2n) is 7.30. The number of amides is 1. The number of hydrogen-bond acceptors (Lipinski definition) is 4. The highest BCUT2D eigenvalue weighted by molar-refractivity contribution is 7.93. The molecule has 0 bridgehead atoms. The number of carbonyl (C=O) groups excluding carboxylic acids is 1. The van der Waals surface area contributed by atoms with Gasteiger partial charge in [-0.05, 0) is 59.3 Å². The van der Waals surface area contributed by atoms with Crippen LogP contribution in [0.15, 0.2) is 88.4 Å². The van der Waals surface area contributed by atoms with Crippen LogP contribution in [0.1, 0.15) is 21.5 Å². The number of aromatic nitrogens is 1. The lowest BCUT2D eigenvalue weighted by Crippen LogP contribution is -2.04. The predicted molar refractivity (Wildman–Crippen MR) is 131 cm³/mol. The standard InChI is InChI=1S/C26H19ClN2O3S/c1-32-24-11-10-20-12-18(8-9-21(20)14-24)6-7-19-13-22(17-28-16-19)26(30)29-33(2,31)25-5-3-4-23(27)15-25/h3-5,8-17H,1-2H3. The molecule has 1 atom stereocenters. The normalized spacial score (nSPS) is 12.3. The zero-order valence-corrected chi connectivity index (χ0v) is 19.5. The van der Waals surface area contributed by atoms with Gasteiger partial charge >= 0.3 is 0 Å². The number of nitrogens with zero attached hydrogens (tertiary/aromatic N) is 2. The van der Waals surface area contributed by atoms with Crippen molar-refractivity contribution >= 4 is 38.0 Å². The molecule has 0 aliphatic rings. The van der Waals surface area contributed by atoms with Gasteiger partial charge < -0.3 is 4.74 Å². The summed E-state index contributed by atoms with van der Waals surface area (Å²) in [4.78, 5) is 17.1. The number of benzene rings is 3. The Morgan fingerprint density at radius 1 is 0.970 bits per heavy atom. The summed E-state index contributed by atoms with van der Waals surface area (Å²) in [6, 6.07) is 19.8. The van der Waals surface area contributed by atoms with E-state index in [1.165, 1.54) is 12.5 Å². The van der Waals surface area contributed by atoms with Crippen molar-refractivity contribution in [2.45, 2.75) is 4.90 Å². The second kappa shape index (κ2) is 9.45. The van der Waals surface area contributed by atoms with E-state index < -0.39 is 15.6 Å². The van der Waals surface area contributed by atoms with Gasteiger partial charge in [0.15, 0.2) is 0 Å². The molecule has 3 aromatic carbocycles. The number of ether oxygens (including phenoxy) is 1. The maximum absolute atomic E-state index is 13.0. The van der Waals surface area contributed by atoms with E-state index in [0.717, 1.165) is 22.1 Å². The van der Waals surface area contributed by atoms with E-state index in [2.05, 4.69) is 21.2 Å². The minimum Gasteiger partial charge on any atom is -0.497 e. The van der Waals surface area contributed by atoms with Crippen LogP contribution in [-0.4, -0.2) is 28.5 Å². The van der Waals surface area contributed by atoms with Crippen LogP contribution in [0.5, 0.6) is 5.75 Å². The van der Waals surface area contributed by atoms with Gasteiger partial charge in [0.1, 0.15) is 5.75 Å². The molecule has 7 heteroatoms. The first-order valence-corrected chi connectivity index (χ1v) is 12.2. The van der Waals surface area contributed by atoms with E-state index in [1.54, 1.807) is 43.6 Å². The number of hydrogen-bond donors (Lipinski definition) is 0. The van der Waals surface area contributed by atoms with Gasteiger partial charge in [0.2, 0.25) is 0 Å². The lowest BCUT2D eigenvalue weighted by Gasteiger charge is -2.04. The van der Waals surface area contributed by atoms with Crippen molar-refractivity contribution < 1.29 is 13.7 Å². The van der Waals surface area contributed by atoms with Gasteiger partial charge in [-0.25, -0.2) is 4.21 Å². The van der Waals surface area contributed by atoms with Gasteiger partial charge in [-0.15, -0.1) is 0 Å². The van der Waals surface area contributed by atoms with E-state index >= 15 is 0 Å². The third-order valence-electron chi connectivity index (χ3n) is 4.87. The van der Waals surface area contributed by atoms with E-state index in [1.807, 2.05) is 36.4 Å². The molecule has 164 valence electrons. The van der Waals surface area contributed by atoms with E-state index in [0.29, 0.717) is 15.5 Å². The molecule has 0 N–H and O–H groups in total. The smallest absolute Gasteiger partial charge is 0.286 e. The molecule has 1 aromatic heterocycles. The molecular weight excluding hydrogens is 456 g/mol. The molecule has 1 heterocycles. The Bertz CT molecular complexity index is 1560. The molecule has 0 aliphatic carbocycles. The Morgan fingerprint density at radius 3 is 2.52 bits per heavy atom. The van der Waals surface area contributed by atoms with Crippen LogP contribution in [0.3, 0.4) is 0 Å². The number of rotatable bonds is 3. The van der Waals surface area contributed by atoms with E-state index in [4.69, 9.17) is 16.3 Å². The highest BCUT2D eigenvalue weighted by Crippen LogP contribution is 2.22. The van der Waals surface area contributed by atoms with Crippen LogP contribution in [0.25, 0.3) is 10.8 Å². The largest absolute Gasteiger partial charge is 0.497 e. The van der Waals surface area contributed by atoms with Crippen LogP contribution in [0, 0.1) is 11.8 Å². The Morgan fingerprint density at radius 2 is 1.73 bits per heavy atom. The minimum absolute atomic E-state index is 0.212. The molecule has 0 radical (unpaired) electrons. The molecule has 0 fully saturated rings. The lowest BCUT2D eigenvalue weighted by atomic mass is 10.1. The summed E-state index contributed by atoms with van der Waals surface area (Å²) < 4.78 is 22.1. The number of fused-ring (bicyclic) bond motifs is 1. The zero-order valence-electron chi connectivity index (χ0n) is 17.9. The Kier molecular flexibility index (Phi) is 6.45. The second-order valence-corrected chi connectivity index (χ2v) is 9.99. The first-order chi connectivity index (χ1) is 15.8. The summed E-state index contributed by atoms with van der Waals surface area (Å²) >= 11 is 5.97. The molecule has 4 rings (SSSR count).